The van der Waals surface area contributed by atoms with E-state index in [4.69, 9.17) is 9.47 Å². The van der Waals surface area contributed by atoms with Gasteiger partial charge in [0, 0.05) is 125 Å². The molecule has 0 fully saturated rings. The highest BCUT2D eigenvalue weighted by atomic mass is 16.6. The van der Waals surface area contributed by atoms with Gasteiger partial charge in [0.2, 0.25) is 0 Å². The fourth-order valence-electron chi connectivity index (χ4n) is 10.2. The van der Waals surface area contributed by atoms with Crippen molar-refractivity contribution in [2.75, 3.05) is 147 Å². The Morgan fingerprint density at radius 1 is 0.388 bits per heavy atom. The van der Waals surface area contributed by atoms with E-state index in [9.17, 15) is 19.8 Å². The Morgan fingerprint density at radius 2 is 0.637 bits per heavy atom. The fourth-order valence-corrected chi connectivity index (χ4v) is 10.2. The van der Waals surface area contributed by atoms with Crippen molar-refractivity contribution in [3.05, 3.63) is 203 Å². The maximum absolute atomic E-state index is 13.0. The number of amides is 2. The summed E-state index contributed by atoms with van der Waals surface area (Å²) in [5, 5.41) is 24.8. The van der Waals surface area contributed by atoms with Crippen LogP contribution < -0.4 is 40.0 Å². The molecule has 2 amide bonds. The van der Waals surface area contributed by atoms with Crippen molar-refractivity contribution in [1.82, 2.24) is 0 Å². The molecule has 0 radical (unpaired) electrons. The Morgan fingerprint density at radius 3 is 0.875 bits per heavy atom. The van der Waals surface area contributed by atoms with Crippen LogP contribution in [0.15, 0.2) is 170 Å². The van der Waals surface area contributed by atoms with Crippen molar-refractivity contribution in [2.45, 2.75) is 39.5 Å². The summed E-state index contributed by atoms with van der Waals surface area (Å²) in [5.74, 6) is 0.00457. The van der Waals surface area contributed by atoms with Gasteiger partial charge < -0.3 is 49.1 Å². The van der Waals surface area contributed by atoms with Crippen LogP contribution in [0.4, 0.5) is 55.1 Å². The van der Waals surface area contributed by atoms with Crippen LogP contribution in [0.1, 0.15) is 72.9 Å². The molecule has 0 bridgehead atoms. The first-order valence-electron chi connectivity index (χ1n) is 28.0. The molecule has 2 unspecified atom stereocenters. The SMILES string of the molecule is CCN(CCO)c1ccc(C(c2ccc(N(C)C)cc2)c2ccc(N(CC)CCOC(=O)Nc3cccc(NC(=O)OCCN(CC)c4ccc(C(c5ccc(N(C)C)cc5)c5ccc(N(CC)CCO)cc5)cc4)c3)cc2)cc1. The first-order chi connectivity index (χ1) is 38.9. The van der Waals surface area contributed by atoms with Crippen LogP contribution in [0.25, 0.3) is 0 Å². The molecule has 80 heavy (non-hydrogen) atoms. The molecule has 7 aromatic carbocycles. The molecule has 0 aliphatic rings. The summed E-state index contributed by atoms with van der Waals surface area (Å²) < 4.78 is 11.3. The van der Waals surface area contributed by atoms with Gasteiger partial charge in [-0.25, -0.2) is 9.59 Å². The maximum atomic E-state index is 13.0. The van der Waals surface area contributed by atoms with Gasteiger partial charge in [-0.05, 0) is 152 Å². The lowest BCUT2D eigenvalue weighted by Crippen LogP contribution is -2.29. The third-order valence-corrected chi connectivity index (χ3v) is 14.7. The van der Waals surface area contributed by atoms with Crippen LogP contribution >= 0.6 is 0 Å². The number of anilines is 8. The second-order valence-electron chi connectivity index (χ2n) is 20.1. The average molecular weight is 1080 g/mol. The number of carbonyl (C=O) groups is 2. The van der Waals surface area contributed by atoms with Gasteiger partial charge in [-0.2, -0.15) is 0 Å². The molecule has 0 aromatic heterocycles. The Hall–Kier alpha value is -8.20. The van der Waals surface area contributed by atoms with Gasteiger partial charge in [0.1, 0.15) is 13.2 Å². The van der Waals surface area contributed by atoms with E-state index in [-0.39, 0.29) is 38.3 Å². The zero-order chi connectivity index (χ0) is 57.0. The Labute approximate surface area is 474 Å². The van der Waals surface area contributed by atoms with E-state index in [0.717, 1.165) is 58.3 Å². The van der Waals surface area contributed by atoms with E-state index in [0.29, 0.717) is 50.6 Å². The molecule has 2 atom stereocenters. The number of carbonyl (C=O) groups excluding carboxylic acids is 2. The van der Waals surface area contributed by atoms with Gasteiger partial charge in [0.05, 0.1) is 26.3 Å². The molecule has 7 rings (SSSR count). The molecule has 0 aliphatic carbocycles. The minimum Gasteiger partial charge on any atom is -0.447 e. The van der Waals surface area contributed by atoms with E-state index in [1.807, 2.05) is 28.2 Å². The molecular formula is C66H82N8O6. The van der Waals surface area contributed by atoms with Crippen molar-refractivity contribution in [2.24, 2.45) is 0 Å². The van der Waals surface area contributed by atoms with Crippen LogP contribution in [0, 0.1) is 0 Å². The largest absolute Gasteiger partial charge is 0.447 e. The molecule has 0 saturated carbocycles. The van der Waals surface area contributed by atoms with Gasteiger partial charge in [-0.15, -0.1) is 0 Å². The maximum Gasteiger partial charge on any atom is 0.411 e. The molecule has 14 nitrogen and oxygen atoms in total. The minimum absolute atomic E-state index is 0.00228. The number of nitrogens with zero attached hydrogens (tertiary/aromatic N) is 6. The molecule has 4 N–H and O–H groups in total. The van der Waals surface area contributed by atoms with Crippen molar-refractivity contribution >= 4 is 57.7 Å². The highest BCUT2D eigenvalue weighted by Gasteiger charge is 2.21. The fraction of sp³-hybridized carbons (Fsp3) is 0.333. The van der Waals surface area contributed by atoms with Crippen LogP contribution in [-0.4, -0.2) is 129 Å². The first kappa shape index (κ1) is 59.5. The quantitative estimate of drug-likeness (QED) is 0.0348. The second kappa shape index (κ2) is 29.7. The number of benzene rings is 7. The normalized spacial score (nSPS) is 11.7. The van der Waals surface area contributed by atoms with Gasteiger partial charge in [-0.1, -0.05) is 78.9 Å². The van der Waals surface area contributed by atoms with Crippen LogP contribution in [0.2, 0.25) is 0 Å². The Balaban J connectivity index is 0.903. The number of hydrogen-bond donors (Lipinski definition) is 4. The summed E-state index contributed by atoms with van der Waals surface area (Å²) in [7, 11) is 8.17. The van der Waals surface area contributed by atoms with E-state index in [1.54, 1.807) is 24.3 Å². The summed E-state index contributed by atoms with van der Waals surface area (Å²) in [5.41, 5.74) is 14.4. The Bertz CT molecular complexity index is 2770. The zero-order valence-electron chi connectivity index (χ0n) is 48.0. The van der Waals surface area contributed by atoms with E-state index >= 15 is 0 Å². The third-order valence-electron chi connectivity index (χ3n) is 14.7. The first-order valence-corrected chi connectivity index (χ1v) is 28.0. The smallest absolute Gasteiger partial charge is 0.411 e. The molecule has 14 heteroatoms. The third kappa shape index (κ3) is 16.0. The molecule has 7 aromatic rings. The van der Waals surface area contributed by atoms with Crippen molar-refractivity contribution in [1.29, 1.82) is 0 Å². The van der Waals surface area contributed by atoms with Gasteiger partial charge in [0.25, 0.3) is 0 Å². The molecule has 0 aliphatic heterocycles. The van der Waals surface area contributed by atoms with Crippen LogP contribution in [-0.2, 0) is 9.47 Å². The molecule has 0 spiro atoms. The number of hydrogen-bond acceptors (Lipinski definition) is 12. The number of nitrogens with one attached hydrogen (secondary N) is 2. The highest BCUT2D eigenvalue weighted by Crippen LogP contribution is 2.37. The van der Waals surface area contributed by atoms with Gasteiger partial charge >= 0.3 is 12.2 Å². The predicted molar refractivity (Wildman–Crippen MR) is 331 cm³/mol. The molecule has 0 heterocycles. The molecule has 0 saturated heterocycles. The number of rotatable bonds is 28. The summed E-state index contributed by atoms with van der Waals surface area (Å²) in [4.78, 5) is 38.9. The number of aliphatic hydroxyl groups excluding tert-OH is 2. The summed E-state index contributed by atoms with van der Waals surface area (Å²) in [6.45, 7) is 14.1. The standard InChI is InChI=1S/C66H82N8O6/c1-9-71(40-44-75)59-32-20-51(21-33-59)63(49-16-28-57(29-17-49)69(5)6)53-24-36-61(37-25-53)73(11-3)42-46-79-65(77)67-55-14-13-15-56(48-55)68-66(78)80-47-43-74(12-4)62-38-26-54(27-39-62)64(50-18-30-58(31-19-50)70(7)8)52-22-34-60(35-23-52)72(10-2)41-45-76/h13-39,48,63-64,75-76H,9-12,40-47H2,1-8H3,(H,67,77)(H,68,78). The van der Waals surface area contributed by atoms with E-state index < -0.39 is 12.2 Å². The van der Waals surface area contributed by atoms with Crippen LogP contribution in [0.3, 0.4) is 0 Å². The molecule has 422 valence electrons. The van der Waals surface area contributed by atoms with E-state index in [2.05, 4.69) is 213 Å². The lowest BCUT2D eigenvalue weighted by Gasteiger charge is -2.26. The number of ether oxygens (including phenoxy) is 2. The van der Waals surface area contributed by atoms with Crippen molar-refractivity contribution < 1.29 is 29.3 Å². The lowest BCUT2D eigenvalue weighted by atomic mass is 9.85. The monoisotopic (exact) mass is 1080 g/mol. The predicted octanol–water partition coefficient (Wildman–Crippen LogP) is 12.0. The lowest BCUT2D eigenvalue weighted by molar-refractivity contribution is 0.163. The zero-order valence-corrected chi connectivity index (χ0v) is 48.0. The Kier molecular flexibility index (Phi) is 22.1. The number of likely N-dealkylation sites (N-methyl/N-ethyl adjacent to an activating group) is 4. The van der Waals surface area contributed by atoms with E-state index in [1.165, 1.54) is 22.3 Å². The topological polar surface area (TPSA) is 137 Å². The summed E-state index contributed by atoms with van der Waals surface area (Å²) >= 11 is 0. The number of aliphatic hydroxyl groups is 2. The van der Waals surface area contributed by atoms with Gasteiger partial charge in [-0.3, -0.25) is 10.6 Å². The highest BCUT2D eigenvalue weighted by molar-refractivity contribution is 5.88. The summed E-state index contributed by atoms with van der Waals surface area (Å²) in [6, 6.07) is 58.8. The minimum atomic E-state index is -0.599. The second-order valence-corrected chi connectivity index (χ2v) is 20.1. The average Bonchev–Trinajstić information content (AvgIpc) is 3.52. The van der Waals surface area contributed by atoms with Crippen molar-refractivity contribution in [3.8, 4) is 0 Å². The molecular weight excluding hydrogens is 1000 g/mol. The van der Waals surface area contributed by atoms with Gasteiger partial charge in [0.15, 0.2) is 0 Å². The van der Waals surface area contributed by atoms with Crippen molar-refractivity contribution in [3.63, 3.8) is 0 Å². The van der Waals surface area contributed by atoms with Crippen LogP contribution in [0.5, 0.6) is 0 Å². The summed E-state index contributed by atoms with van der Waals surface area (Å²) in [6.07, 6.45) is -1.20.